The lowest BCUT2D eigenvalue weighted by atomic mass is 9.91. The minimum Gasteiger partial charge on any atom is -0.316 e. The molecule has 0 aliphatic carbocycles. The summed E-state index contributed by atoms with van der Waals surface area (Å²) in [6, 6.07) is 2.81. The van der Waals surface area contributed by atoms with Crippen LogP contribution in [0.4, 0.5) is 0 Å². The van der Waals surface area contributed by atoms with Crippen LogP contribution in [0.5, 0.6) is 0 Å². The van der Waals surface area contributed by atoms with E-state index in [9.17, 15) is 0 Å². The molecule has 1 rings (SSSR count). The minimum absolute atomic E-state index is 0.380. The monoisotopic (exact) mass is 292 g/mol. The number of nitrogens with zero attached hydrogens (tertiary/aromatic N) is 3. The van der Waals surface area contributed by atoms with Crippen molar-refractivity contribution in [3.8, 4) is 0 Å². The SMILES string of the molecule is CCC(C=CN(N)C(C)CC)CC(C(C)C)n1cccn1. The molecule has 4 heteroatoms. The zero-order chi connectivity index (χ0) is 15.8. The molecule has 120 valence electrons. The van der Waals surface area contributed by atoms with Crippen molar-refractivity contribution in [2.75, 3.05) is 0 Å². The smallest absolute Gasteiger partial charge is 0.0547 e. The summed E-state index contributed by atoms with van der Waals surface area (Å²) in [6.45, 7) is 11.1. The van der Waals surface area contributed by atoms with Crippen LogP contribution in [-0.2, 0) is 0 Å². The number of hydrazine groups is 1. The second-order valence-electron chi connectivity index (χ2n) is 6.25. The first kappa shape index (κ1) is 17.8. The highest BCUT2D eigenvalue weighted by molar-refractivity contribution is 4.91. The second kappa shape index (κ2) is 8.88. The van der Waals surface area contributed by atoms with E-state index in [4.69, 9.17) is 5.84 Å². The molecule has 0 saturated carbocycles. The lowest BCUT2D eigenvalue weighted by Crippen LogP contribution is -2.34. The van der Waals surface area contributed by atoms with Crippen LogP contribution >= 0.6 is 0 Å². The predicted molar refractivity (Wildman–Crippen MR) is 89.4 cm³/mol. The van der Waals surface area contributed by atoms with Gasteiger partial charge >= 0.3 is 0 Å². The number of rotatable bonds is 9. The topological polar surface area (TPSA) is 47.1 Å². The van der Waals surface area contributed by atoms with Gasteiger partial charge in [0.2, 0.25) is 0 Å². The Balaban J connectivity index is 2.69. The molecule has 0 amide bonds. The molecule has 0 radical (unpaired) electrons. The molecule has 21 heavy (non-hydrogen) atoms. The molecule has 0 bridgehead atoms. The normalized spacial score (nSPS) is 16.3. The Bertz CT molecular complexity index is 397. The Hall–Kier alpha value is -1.29. The Morgan fingerprint density at radius 3 is 2.43 bits per heavy atom. The third-order valence-corrected chi connectivity index (χ3v) is 4.33. The van der Waals surface area contributed by atoms with Crippen molar-refractivity contribution in [3.63, 3.8) is 0 Å². The van der Waals surface area contributed by atoms with Crippen molar-refractivity contribution >= 4 is 0 Å². The first-order valence-electron chi connectivity index (χ1n) is 8.20. The number of hydrogen-bond acceptors (Lipinski definition) is 3. The predicted octanol–water partition coefficient (Wildman–Crippen LogP) is 3.98. The van der Waals surface area contributed by atoms with Gasteiger partial charge in [-0.05, 0) is 44.1 Å². The summed E-state index contributed by atoms with van der Waals surface area (Å²) in [6.07, 6.45) is 11.5. The van der Waals surface area contributed by atoms with E-state index >= 15 is 0 Å². The Kier molecular flexibility index (Phi) is 7.51. The first-order valence-corrected chi connectivity index (χ1v) is 8.20. The summed E-state index contributed by atoms with van der Waals surface area (Å²) >= 11 is 0. The number of hydrogen-bond donors (Lipinski definition) is 1. The van der Waals surface area contributed by atoms with E-state index in [1.54, 1.807) is 0 Å². The zero-order valence-electron chi connectivity index (χ0n) is 14.2. The molecule has 3 unspecified atom stereocenters. The van der Waals surface area contributed by atoms with E-state index in [0.29, 0.717) is 23.9 Å². The molecule has 0 aromatic carbocycles. The van der Waals surface area contributed by atoms with E-state index in [1.807, 2.05) is 23.5 Å². The molecule has 1 heterocycles. The van der Waals surface area contributed by atoms with Crippen LogP contribution in [0.2, 0.25) is 0 Å². The van der Waals surface area contributed by atoms with Gasteiger partial charge in [-0.25, -0.2) is 5.84 Å². The van der Waals surface area contributed by atoms with Gasteiger partial charge in [0.15, 0.2) is 0 Å². The molecule has 1 aromatic rings. The van der Waals surface area contributed by atoms with Gasteiger partial charge in [-0.15, -0.1) is 0 Å². The van der Waals surface area contributed by atoms with Crippen molar-refractivity contribution < 1.29 is 0 Å². The molecule has 0 saturated heterocycles. The number of aromatic nitrogens is 2. The maximum atomic E-state index is 6.04. The van der Waals surface area contributed by atoms with Crippen molar-refractivity contribution in [2.45, 2.75) is 66.0 Å². The summed E-state index contributed by atoms with van der Waals surface area (Å²) in [5, 5.41) is 6.24. The molecule has 1 aromatic heterocycles. The van der Waals surface area contributed by atoms with Crippen molar-refractivity contribution in [1.29, 1.82) is 0 Å². The van der Waals surface area contributed by atoms with Crippen LogP contribution in [0.15, 0.2) is 30.7 Å². The van der Waals surface area contributed by atoms with Crippen molar-refractivity contribution in [1.82, 2.24) is 14.8 Å². The molecule has 0 aliphatic heterocycles. The fourth-order valence-corrected chi connectivity index (χ4v) is 2.43. The van der Waals surface area contributed by atoms with Crippen LogP contribution in [0.1, 0.15) is 59.9 Å². The molecule has 0 aliphatic rings. The second-order valence-corrected chi connectivity index (χ2v) is 6.25. The average Bonchev–Trinajstić information content (AvgIpc) is 2.99. The average molecular weight is 292 g/mol. The van der Waals surface area contributed by atoms with E-state index in [-0.39, 0.29) is 0 Å². The molecule has 2 N–H and O–H groups in total. The van der Waals surface area contributed by atoms with Crippen LogP contribution in [-0.4, -0.2) is 20.8 Å². The van der Waals surface area contributed by atoms with Crippen LogP contribution in [0.25, 0.3) is 0 Å². The number of nitrogens with two attached hydrogens (primary N) is 1. The summed E-state index contributed by atoms with van der Waals surface area (Å²) in [7, 11) is 0. The van der Waals surface area contributed by atoms with Gasteiger partial charge in [-0.1, -0.05) is 33.8 Å². The highest BCUT2D eigenvalue weighted by Gasteiger charge is 2.19. The quantitative estimate of drug-likeness (QED) is 0.553. The van der Waals surface area contributed by atoms with Crippen molar-refractivity contribution in [2.24, 2.45) is 17.7 Å². The molecule has 0 fully saturated rings. The third-order valence-electron chi connectivity index (χ3n) is 4.33. The van der Waals surface area contributed by atoms with E-state index in [0.717, 1.165) is 19.3 Å². The van der Waals surface area contributed by atoms with Gasteiger partial charge in [0.05, 0.1) is 6.04 Å². The summed E-state index contributed by atoms with van der Waals surface area (Å²) < 4.78 is 2.09. The van der Waals surface area contributed by atoms with Crippen molar-refractivity contribution in [3.05, 3.63) is 30.7 Å². The lowest BCUT2D eigenvalue weighted by molar-refractivity contribution is 0.279. The van der Waals surface area contributed by atoms with Gasteiger partial charge in [0.1, 0.15) is 0 Å². The van der Waals surface area contributed by atoms with Crippen LogP contribution in [0.3, 0.4) is 0 Å². The highest BCUT2D eigenvalue weighted by Crippen LogP contribution is 2.27. The Morgan fingerprint density at radius 2 is 1.95 bits per heavy atom. The fourth-order valence-electron chi connectivity index (χ4n) is 2.43. The Labute approximate surface area is 130 Å². The van der Waals surface area contributed by atoms with E-state index < -0.39 is 0 Å². The maximum absolute atomic E-state index is 6.04. The van der Waals surface area contributed by atoms with E-state index in [2.05, 4.69) is 56.7 Å². The standard InChI is InChI=1S/C17H32N4/c1-6-15(5)20(18)12-9-16(7-2)13-17(14(3)4)21-11-8-10-19-21/h8-12,14-17H,6-7,13,18H2,1-5H3. The van der Waals surface area contributed by atoms with Gasteiger partial charge < -0.3 is 5.01 Å². The largest absolute Gasteiger partial charge is 0.316 e. The molecule has 4 nitrogen and oxygen atoms in total. The van der Waals surface area contributed by atoms with Crippen LogP contribution in [0, 0.1) is 11.8 Å². The van der Waals surface area contributed by atoms with Gasteiger partial charge in [-0.3, -0.25) is 4.68 Å². The van der Waals surface area contributed by atoms with Gasteiger partial charge in [0.25, 0.3) is 0 Å². The molecular formula is C17H32N4. The summed E-state index contributed by atoms with van der Waals surface area (Å²) in [5.74, 6) is 7.14. The minimum atomic E-state index is 0.380. The maximum Gasteiger partial charge on any atom is 0.0547 e. The zero-order valence-corrected chi connectivity index (χ0v) is 14.2. The van der Waals surface area contributed by atoms with E-state index in [1.165, 1.54) is 0 Å². The first-order chi connectivity index (χ1) is 9.99. The van der Waals surface area contributed by atoms with Gasteiger partial charge in [-0.2, -0.15) is 5.10 Å². The fraction of sp³-hybridized carbons (Fsp3) is 0.706. The molecular weight excluding hydrogens is 260 g/mol. The highest BCUT2D eigenvalue weighted by atomic mass is 15.4. The van der Waals surface area contributed by atoms with Crippen LogP contribution < -0.4 is 5.84 Å². The molecule has 3 atom stereocenters. The summed E-state index contributed by atoms with van der Waals surface area (Å²) in [4.78, 5) is 0. The number of allylic oxidation sites excluding steroid dienone is 1. The lowest BCUT2D eigenvalue weighted by Gasteiger charge is -2.26. The third kappa shape index (κ3) is 5.54. The molecule has 0 spiro atoms. The summed E-state index contributed by atoms with van der Waals surface area (Å²) in [5.41, 5.74) is 0. The Morgan fingerprint density at radius 1 is 1.24 bits per heavy atom. The van der Waals surface area contributed by atoms with Gasteiger partial charge in [0, 0.05) is 24.6 Å².